The summed E-state index contributed by atoms with van der Waals surface area (Å²) in [6.07, 6.45) is 8.16. The van der Waals surface area contributed by atoms with Crippen molar-refractivity contribution in [2.24, 2.45) is 0 Å². The van der Waals surface area contributed by atoms with Gasteiger partial charge in [0.1, 0.15) is 5.82 Å². The molecule has 0 spiro atoms. The highest BCUT2D eigenvalue weighted by atomic mass is 16.2. The second-order valence-electron chi connectivity index (χ2n) is 6.51. The van der Waals surface area contributed by atoms with Crippen LogP contribution in [0.1, 0.15) is 31.5 Å². The van der Waals surface area contributed by atoms with Crippen LogP contribution in [-0.2, 0) is 0 Å². The molecule has 1 fully saturated rings. The number of piperidine rings is 1. The van der Waals surface area contributed by atoms with Crippen molar-refractivity contribution in [2.75, 3.05) is 31.1 Å². The molecule has 0 unspecified atom stereocenters. The Balaban J connectivity index is 1.51. The highest BCUT2D eigenvalue weighted by Gasteiger charge is 2.18. The minimum atomic E-state index is 0.300. The maximum Gasteiger partial charge on any atom is 0.110 e. The highest BCUT2D eigenvalue weighted by Crippen LogP contribution is 2.22. The van der Waals surface area contributed by atoms with Crippen LogP contribution in [-0.4, -0.2) is 46.9 Å². The molecule has 3 rings (SSSR count). The predicted octanol–water partition coefficient (Wildman–Crippen LogP) is 2.51. The van der Waals surface area contributed by atoms with E-state index in [2.05, 4.69) is 44.0 Å². The molecule has 130 valence electrons. The second-order valence-corrected chi connectivity index (χ2v) is 6.51. The number of imidazole rings is 1. The molecule has 0 bridgehead atoms. The molecular formula is C19H28N4O. The second kappa shape index (κ2) is 8.31. The van der Waals surface area contributed by atoms with E-state index in [0.717, 1.165) is 44.0 Å². The number of rotatable bonds is 7. The number of aromatic nitrogens is 2. The third-order valence-corrected chi connectivity index (χ3v) is 4.83. The Morgan fingerprint density at radius 2 is 1.83 bits per heavy atom. The van der Waals surface area contributed by atoms with Crippen LogP contribution in [0.3, 0.4) is 0 Å². The van der Waals surface area contributed by atoms with Crippen LogP contribution < -0.4 is 10.2 Å². The van der Waals surface area contributed by atoms with Crippen molar-refractivity contribution >= 4 is 5.69 Å². The first-order chi connectivity index (χ1) is 11.8. The highest BCUT2D eigenvalue weighted by molar-refractivity contribution is 5.51. The fourth-order valence-corrected chi connectivity index (χ4v) is 3.36. The molecule has 1 aromatic heterocycles. The van der Waals surface area contributed by atoms with Gasteiger partial charge in [-0.15, -0.1) is 0 Å². The lowest BCUT2D eigenvalue weighted by Gasteiger charge is -2.34. The molecular weight excluding hydrogens is 300 g/mol. The number of benzene rings is 1. The van der Waals surface area contributed by atoms with Crippen LogP contribution in [0.4, 0.5) is 5.69 Å². The quantitative estimate of drug-likeness (QED) is 0.767. The van der Waals surface area contributed by atoms with E-state index >= 15 is 0 Å². The van der Waals surface area contributed by atoms with Gasteiger partial charge in [-0.05, 0) is 63.4 Å². The first-order valence-corrected chi connectivity index (χ1v) is 8.97. The van der Waals surface area contributed by atoms with E-state index in [4.69, 9.17) is 5.11 Å². The maximum atomic E-state index is 8.82. The first kappa shape index (κ1) is 17.0. The number of aliphatic hydroxyl groups is 1. The van der Waals surface area contributed by atoms with Crippen molar-refractivity contribution < 1.29 is 5.11 Å². The van der Waals surface area contributed by atoms with Crippen molar-refractivity contribution in [3.05, 3.63) is 42.5 Å². The first-order valence-electron chi connectivity index (χ1n) is 8.97. The third-order valence-electron chi connectivity index (χ3n) is 4.83. The molecule has 2 N–H and O–H groups in total. The summed E-state index contributed by atoms with van der Waals surface area (Å²) in [6, 6.07) is 9.38. The minimum absolute atomic E-state index is 0.300. The molecule has 1 aromatic carbocycles. The van der Waals surface area contributed by atoms with Crippen molar-refractivity contribution in [3.8, 4) is 5.69 Å². The Kier molecular flexibility index (Phi) is 5.88. The molecule has 2 aromatic rings. The molecule has 24 heavy (non-hydrogen) atoms. The Labute approximate surface area is 144 Å². The summed E-state index contributed by atoms with van der Waals surface area (Å²) >= 11 is 0. The topological polar surface area (TPSA) is 53.3 Å². The van der Waals surface area contributed by atoms with E-state index < -0.39 is 0 Å². The standard InChI is InChI=1S/C19H28N4O/c1-16-20-11-14-23(16)19-6-4-18(5-7-19)22-12-8-17(9-13-22)21-10-2-3-15-24/h4-7,11,14,17,21,24H,2-3,8-10,12-13,15H2,1H3. The lowest BCUT2D eigenvalue weighted by molar-refractivity contribution is 0.281. The van der Waals surface area contributed by atoms with Crippen LogP contribution >= 0.6 is 0 Å². The normalized spacial score (nSPS) is 15.8. The fraction of sp³-hybridized carbons (Fsp3) is 0.526. The average molecular weight is 328 g/mol. The van der Waals surface area contributed by atoms with Crippen LogP contribution in [0.15, 0.2) is 36.7 Å². The van der Waals surface area contributed by atoms with Gasteiger partial charge in [0, 0.05) is 49.5 Å². The Hall–Kier alpha value is -1.85. The zero-order valence-electron chi connectivity index (χ0n) is 14.5. The van der Waals surface area contributed by atoms with E-state index in [0.29, 0.717) is 12.6 Å². The summed E-state index contributed by atoms with van der Waals surface area (Å²) in [4.78, 5) is 6.75. The third kappa shape index (κ3) is 4.16. The molecule has 0 aliphatic carbocycles. The number of unbranched alkanes of at least 4 members (excludes halogenated alkanes) is 1. The van der Waals surface area contributed by atoms with Gasteiger partial charge in [0.25, 0.3) is 0 Å². The number of hydrogen-bond donors (Lipinski definition) is 2. The smallest absolute Gasteiger partial charge is 0.110 e. The Morgan fingerprint density at radius 1 is 1.12 bits per heavy atom. The summed E-state index contributed by atoms with van der Waals surface area (Å²) in [5, 5.41) is 12.4. The van der Waals surface area contributed by atoms with Crippen molar-refractivity contribution in [1.82, 2.24) is 14.9 Å². The Bertz CT molecular complexity index is 615. The van der Waals surface area contributed by atoms with E-state index in [1.54, 1.807) is 0 Å². The maximum absolute atomic E-state index is 8.82. The molecule has 0 radical (unpaired) electrons. The predicted molar refractivity (Wildman–Crippen MR) is 97.9 cm³/mol. The van der Waals surface area contributed by atoms with Crippen molar-refractivity contribution in [3.63, 3.8) is 0 Å². The average Bonchev–Trinajstić information content (AvgIpc) is 3.05. The van der Waals surface area contributed by atoms with Crippen molar-refractivity contribution in [1.29, 1.82) is 0 Å². The molecule has 5 nitrogen and oxygen atoms in total. The zero-order chi connectivity index (χ0) is 16.8. The molecule has 1 aliphatic heterocycles. The van der Waals surface area contributed by atoms with Gasteiger partial charge in [0.15, 0.2) is 0 Å². The van der Waals surface area contributed by atoms with Gasteiger partial charge in [-0.2, -0.15) is 0 Å². The van der Waals surface area contributed by atoms with E-state index in [9.17, 15) is 0 Å². The van der Waals surface area contributed by atoms with Crippen LogP contribution in [0.5, 0.6) is 0 Å². The summed E-state index contributed by atoms with van der Waals surface area (Å²) in [5.74, 6) is 1.01. The van der Waals surface area contributed by atoms with E-state index in [-0.39, 0.29) is 0 Å². The molecule has 5 heteroatoms. The summed E-state index contributed by atoms with van der Waals surface area (Å²) in [5.41, 5.74) is 2.46. The molecule has 1 saturated heterocycles. The minimum Gasteiger partial charge on any atom is -0.396 e. The Morgan fingerprint density at radius 3 is 2.46 bits per heavy atom. The van der Waals surface area contributed by atoms with Gasteiger partial charge in [0.2, 0.25) is 0 Å². The SMILES string of the molecule is Cc1nccn1-c1ccc(N2CCC(NCCCCO)CC2)cc1. The van der Waals surface area contributed by atoms with E-state index in [1.807, 2.05) is 19.3 Å². The largest absolute Gasteiger partial charge is 0.396 e. The van der Waals surface area contributed by atoms with Gasteiger partial charge in [-0.25, -0.2) is 4.98 Å². The van der Waals surface area contributed by atoms with Crippen LogP contribution in [0.25, 0.3) is 5.69 Å². The summed E-state index contributed by atoms with van der Waals surface area (Å²) in [7, 11) is 0. The van der Waals surface area contributed by atoms with Gasteiger partial charge in [-0.1, -0.05) is 0 Å². The van der Waals surface area contributed by atoms with Crippen LogP contribution in [0, 0.1) is 6.92 Å². The van der Waals surface area contributed by atoms with Crippen molar-refractivity contribution in [2.45, 2.75) is 38.6 Å². The molecule has 0 atom stereocenters. The number of nitrogens with zero attached hydrogens (tertiary/aromatic N) is 3. The van der Waals surface area contributed by atoms with Gasteiger partial charge in [-0.3, -0.25) is 0 Å². The molecule has 0 amide bonds. The number of nitrogens with one attached hydrogen (secondary N) is 1. The molecule has 0 saturated carbocycles. The number of anilines is 1. The van der Waals surface area contributed by atoms with Crippen LogP contribution in [0.2, 0.25) is 0 Å². The number of hydrogen-bond acceptors (Lipinski definition) is 4. The van der Waals surface area contributed by atoms with Gasteiger partial charge in [0.05, 0.1) is 0 Å². The number of aliphatic hydroxyl groups excluding tert-OH is 1. The van der Waals surface area contributed by atoms with Gasteiger partial charge >= 0.3 is 0 Å². The lowest BCUT2D eigenvalue weighted by atomic mass is 10.0. The summed E-state index contributed by atoms with van der Waals surface area (Å²) in [6.45, 7) is 5.54. The lowest BCUT2D eigenvalue weighted by Crippen LogP contribution is -2.42. The number of aryl methyl sites for hydroxylation is 1. The zero-order valence-corrected chi connectivity index (χ0v) is 14.5. The molecule has 1 aliphatic rings. The fourth-order valence-electron chi connectivity index (χ4n) is 3.36. The van der Waals surface area contributed by atoms with Gasteiger partial charge < -0.3 is 19.9 Å². The molecule has 2 heterocycles. The monoisotopic (exact) mass is 328 g/mol. The summed E-state index contributed by atoms with van der Waals surface area (Å²) < 4.78 is 2.10. The van der Waals surface area contributed by atoms with E-state index in [1.165, 1.54) is 18.5 Å².